The highest BCUT2D eigenvalue weighted by molar-refractivity contribution is 5.42. The minimum Gasteiger partial charge on any atom is -0.393 e. The van der Waals surface area contributed by atoms with Crippen LogP contribution in [0.3, 0.4) is 0 Å². The zero-order chi connectivity index (χ0) is 11.5. The maximum absolute atomic E-state index is 11.8. The van der Waals surface area contributed by atoms with Crippen LogP contribution >= 0.6 is 0 Å². The molecule has 2 heterocycles. The molecule has 2 rings (SSSR count). The molecule has 2 aromatic rings. The van der Waals surface area contributed by atoms with E-state index < -0.39 is 0 Å². The monoisotopic (exact) mass is 221 g/mol. The Bertz CT molecular complexity index is 531. The number of rotatable bonds is 3. The summed E-state index contributed by atoms with van der Waals surface area (Å²) in [7, 11) is 1.53. The van der Waals surface area contributed by atoms with Gasteiger partial charge in [-0.3, -0.25) is 9.89 Å². The number of methoxy groups -OCH3 is 1. The lowest BCUT2D eigenvalue weighted by atomic mass is 10.4. The second-order valence-corrected chi connectivity index (χ2v) is 3.15. The molecule has 0 saturated heterocycles. The highest BCUT2D eigenvalue weighted by atomic mass is 16.5. The van der Waals surface area contributed by atoms with Gasteiger partial charge in [0.05, 0.1) is 12.3 Å². The first-order chi connectivity index (χ1) is 7.74. The van der Waals surface area contributed by atoms with E-state index in [9.17, 15) is 4.79 Å². The topological polar surface area (TPSA) is 98.8 Å². The molecule has 7 nitrogen and oxygen atoms in total. The minimum absolute atomic E-state index is 0.139. The van der Waals surface area contributed by atoms with E-state index in [1.807, 2.05) is 0 Å². The van der Waals surface area contributed by atoms with Gasteiger partial charge < -0.3 is 10.5 Å². The van der Waals surface area contributed by atoms with Crippen molar-refractivity contribution in [2.45, 2.75) is 6.61 Å². The van der Waals surface area contributed by atoms with Crippen LogP contribution in [0, 0.1) is 0 Å². The fourth-order valence-corrected chi connectivity index (χ4v) is 1.33. The highest BCUT2D eigenvalue weighted by Gasteiger charge is 2.12. The van der Waals surface area contributed by atoms with Crippen LogP contribution in [-0.2, 0) is 11.3 Å². The van der Waals surface area contributed by atoms with E-state index in [-0.39, 0.29) is 17.9 Å². The average Bonchev–Trinajstić information content (AvgIpc) is 2.59. The van der Waals surface area contributed by atoms with Gasteiger partial charge in [0, 0.05) is 19.4 Å². The fraction of sp³-hybridized carbons (Fsp3) is 0.222. The third-order valence-corrected chi connectivity index (χ3v) is 2.09. The van der Waals surface area contributed by atoms with E-state index in [0.717, 1.165) is 0 Å². The third kappa shape index (κ3) is 1.68. The van der Waals surface area contributed by atoms with Crippen LogP contribution in [0.5, 0.6) is 0 Å². The smallest absolute Gasteiger partial charge is 0.296 e. The summed E-state index contributed by atoms with van der Waals surface area (Å²) in [5, 5.41) is 2.83. The Morgan fingerprint density at radius 3 is 3.06 bits per heavy atom. The number of nitrogens with one attached hydrogen (secondary N) is 1. The number of anilines is 1. The molecule has 0 amide bonds. The molecule has 0 radical (unpaired) electrons. The number of ether oxygens (including phenoxy) is 1. The number of hydrogen-bond donors (Lipinski definition) is 2. The van der Waals surface area contributed by atoms with E-state index in [0.29, 0.717) is 11.5 Å². The predicted molar refractivity (Wildman–Crippen MR) is 57.1 cm³/mol. The summed E-state index contributed by atoms with van der Waals surface area (Å²) >= 11 is 0. The first-order valence-corrected chi connectivity index (χ1v) is 4.58. The first-order valence-electron chi connectivity index (χ1n) is 4.58. The van der Waals surface area contributed by atoms with Crippen molar-refractivity contribution in [1.29, 1.82) is 0 Å². The fourth-order valence-electron chi connectivity index (χ4n) is 1.33. The van der Waals surface area contributed by atoms with Crippen molar-refractivity contribution in [2.75, 3.05) is 12.8 Å². The lowest BCUT2D eigenvalue weighted by molar-refractivity contribution is 0.181. The van der Waals surface area contributed by atoms with Crippen LogP contribution in [0.25, 0.3) is 5.82 Å². The third-order valence-electron chi connectivity index (χ3n) is 2.09. The summed E-state index contributed by atoms with van der Waals surface area (Å²) in [6, 6.07) is 1.61. The molecule has 84 valence electrons. The Kier molecular flexibility index (Phi) is 2.69. The standard InChI is InChI=1S/C9H11N5O2/c1-16-4-6-8(10)9(15)14(13-6)7-2-3-11-5-12-7/h2-3,5,13H,4,10H2,1H3. The molecular weight excluding hydrogens is 210 g/mol. The van der Waals surface area contributed by atoms with Crippen molar-refractivity contribution in [3.05, 3.63) is 34.6 Å². The maximum atomic E-state index is 11.8. The van der Waals surface area contributed by atoms with Crippen molar-refractivity contribution in [3.8, 4) is 5.82 Å². The summed E-state index contributed by atoms with van der Waals surface area (Å²) in [6.45, 7) is 0.249. The molecule has 2 aromatic heterocycles. The molecule has 0 aliphatic heterocycles. The van der Waals surface area contributed by atoms with E-state index in [1.165, 1.54) is 18.1 Å². The molecule has 0 atom stereocenters. The zero-order valence-corrected chi connectivity index (χ0v) is 8.67. The van der Waals surface area contributed by atoms with Gasteiger partial charge in [0.2, 0.25) is 0 Å². The SMILES string of the molecule is COCc1[nH]n(-c2ccncn2)c(=O)c1N. The van der Waals surface area contributed by atoms with Crippen molar-refractivity contribution in [3.63, 3.8) is 0 Å². The number of aromatic nitrogens is 4. The van der Waals surface area contributed by atoms with Crippen LogP contribution in [0.4, 0.5) is 5.69 Å². The Morgan fingerprint density at radius 1 is 1.62 bits per heavy atom. The summed E-state index contributed by atoms with van der Waals surface area (Å²) in [4.78, 5) is 19.5. The summed E-state index contributed by atoms with van der Waals surface area (Å²) in [6.07, 6.45) is 2.90. The largest absolute Gasteiger partial charge is 0.393 e. The molecule has 0 aliphatic rings. The quantitative estimate of drug-likeness (QED) is 0.740. The van der Waals surface area contributed by atoms with Crippen LogP contribution in [0.1, 0.15) is 5.69 Å². The number of nitrogens with zero attached hydrogens (tertiary/aromatic N) is 3. The van der Waals surface area contributed by atoms with Gasteiger partial charge in [-0.25, -0.2) is 9.97 Å². The highest BCUT2D eigenvalue weighted by Crippen LogP contribution is 2.06. The van der Waals surface area contributed by atoms with Crippen LogP contribution in [-0.4, -0.2) is 26.9 Å². The Morgan fingerprint density at radius 2 is 2.44 bits per heavy atom. The lowest BCUT2D eigenvalue weighted by Crippen LogP contribution is -2.17. The van der Waals surface area contributed by atoms with E-state index in [4.69, 9.17) is 10.5 Å². The zero-order valence-electron chi connectivity index (χ0n) is 8.67. The first kappa shape index (κ1) is 10.4. The average molecular weight is 221 g/mol. The van der Waals surface area contributed by atoms with E-state index >= 15 is 0 Å². The molecule has 16 heavy (non-hydrogen) atoms. The number of H-pyrrole nitrogens is 1. The van der Waals surface area contributed by atoms with Gasteiger partial charge in [-0.05, 0) is 0 Å². The molecule has 0 bridgehead atoms. The molecule has 0 aromatic carbocycles. The van der Waals surface area contributed by atoms with Crippen molar-refractivity contribution >= 4 is 5.69 Å². The molecular formula is C9H11N5O2. The van der Waals surface area contributed by atoms with Gasteiger partial charge >= 0.3 is 0 Å². The molecule has 0 fully saturated rings. The molecule has 0 saturated carbocycles. The van der Waals surface area contributed by atoms with E-state index in [2.05, 4.69) is 15.1 Å². The van der Waals surface area contributed by atoms with Gasteiger partial charge in [-0.15, -0.1) is 0 Å². The number of nitrogens with two attached hydrogens (primary N) is 1. The molecule has 7 heteroatoms. The van der Waals surface area contributed by atoms with E-state index in [1.54, 1.807) is 12.3 Å². The molecule has 0 spiro atoms. The van der Waals surface area contributed by atoms with Gasteiger partial charge in [0.1, 0.15) is 12.0 Å². The Labute approximate surface area is 90.9 Å². The predicted octanol–water partition coefficient (Wildman–Crippen LogP) is -0.316. The van der Waals surface area contributed by atoms with Gasteiger partial charge in [-0.2, -0.15) is 4.68 Å². The molecule has 0 aliphatic carbocycles. The minimum atomic E-state index is -0.342. The van der Waals surface area contributed by atoms with Crippen molar-refractivity contribution in [1.82, 2.24) is 19.7 Å². The summed E-state index contributed by atoms with van der Waals surface area (Å²) in [5.74, 6) is 0.439. The molecule has 3 N–H and O–H groups in total. The Balaban J connectivity index is 2.51. The van der Waals surface area contributed by atoms with Crippen LogP contribution < -0.4 is 11.3 Å². The van der Waals surface area contributed by atoms with Crippen LogP contribution in [0.2, 0.25) is 0 Å². The molecule has 0 unspecified atom stereocenters. The number of nitrogen functional groups attached to an aromatic ring is 1. The van der Waals surface area contributed by atoms with Crippen LogP contribution in [0.15, 0.2) is 23.4 Å². The number of aromatic amines is 1. The second kappa shape index (κ2) is 4.15. The maximum Gasteiger partial charge on any atom is 0.296 e. The van der Waals surface area contributed by atoms with Crippen molar-refractivity contribution < 1.29 is 4.74 Å². The van der Waals surface area contributed by atoms with Gasteiger partial charge in [0.25, 0.3) is 5.56 Å². The number of hydrogen-bond acceptors (Lipinski definition) is 5. The van der Waals surface area contributed by atoms with Gasteiger partial charge in [0.15, 0.2) is 5.82 Å². The normalized spacial score (nSPS) is 10.6. The Hall–Kier alpha value is -2.15. The lowest BCUT2D eigenvalue weighted by Gasteiger charge is -1.98. The summed E-state index contributed by atoms with van der Waals surface area (Å²) < 4.78 is 6.17. The van der Waals surface area contributed by atoms with Gasteiger partial charge in [-0.1, -0.05) is 0 Å². The second-order valence-electron chi connectivity index (χ2n) is 3.15. The summed E-state index contributed by atoms with van der Waals surface area (Å²) in [5.41, 5.74) is 5.97. The van der Waals surface area contributed by atoms with Crippen molar-refractivity contribution in [2.24, 2.45) is 0 Å².